The number of ketones is 1. The molecule has 0 saturated carbocycles. The first-order valence-corrected chi connectivity index (χ1v) is 8.44. The molecule has 0 unspecified atom stereocenters. The third-order valence-corrected chi connectivity index (χ3v) is 4.19. The van der Waals surface area contributed by atoms with Gasteiger partial charge in [0.2, 0.25) is 0 Å². The Hall–Kier alpha value is -2.93. The first kappa shape index (κ1) is 17.9. The van der Waals surface area contributed by atoms with Crippen LogP contribution in [-0.2, 0) is 4.74 Å². The Labute approximate surface area is 151 Å². The van der Waals surface area contributed by atoms with Gasteiger partial charge in [-0.3, -0.25) is 14.9 Å². The molecule has 1 aliphatic rings. The molecule has 136 valence electrons. The van der Waals surface area contributed by atoms with Gasteiger partial charge in [0, 0.05) is 23.9 Å². The van der Waals surface area contributed by atoms with E-state index >= 15 is 0 Å². The molecule has 0 bridgehead atoms. The highest BCUT2D eigenvalue weighted by atomic mass is 16.6. The van der Waals surface area contributed by atoms with Gasteiger partial charge in [-0.1, -0.05) is 0 Å². The molecular weight excluding hydrogens is 336 g/mol. The second kappa shape index (κ2) is 7.97. The molecule has 3 rings (SSSR count). The first-order chi connectivity index (χ1) is 12.5. The lowest BCUT2D eigenvalue weighted by atomic mass is 10.1. The molecule has 1 saturated heterocycles. The SMILES string of the molecule is CC(=O)c1ccc(Nc2ccc(OC[C@H]3CCCO3)cc2)c([N+](=O)[O-])c1. The molecule has 26 heavy (non-hydrogen) atoms. The topological polar surface area (TPSA) is 90.7 Å². The molecule has 7 heteroatoms. The van der Waals surface area contributed by atoms with Crippen LogP contribution in [0.4, 0.5) is 17.1 Å². The van der Waals surface area contributed by atoms with Gasteiger partial charge in [-0.25, -0.2) is 0 Å². The van der Waals surface area contributed by atoms with Crippen LogP contribution in [0.2, 0.25) is 0 Å². The summed E-state index contributed by atoms with van der Waals surface area (Å²) in [6.45, 7) is 2.68. The predicted molar refractivity (Wildman–Crippen MR) is 97.3 cm³/mol. The van der Waals surface area contributed by atoms with E-state index in [1.54, 1.807) is 30.3 Å². The molecule has 2 aromatic rings. The summed E-state index contributed by atoms with van der Waals surface area (Å²) in [7, 11) is 0. The van der Waals surface area contributed by atoms with Gasteiger partial charge < -0.3 is 14.8 Å². The van der Waals surface area contributed by atoms with E-state index in [9.17, 15) is 14.9 Å². The zero-order chi connectivity index (χ0) is 18.5. The van der Waals surface area contributed by atoms with Gasteiger partial charge in [0.1, 0.15) is 18.0 Å². The van der Waals surface area contributed by atoms with Crippen LogP contribution in [0.5, 0.6) is 5.75 Å². The minimum Gasteiger partial charge on any atom is -0.491 e. The number of nitrogens with zero attached hydrogens (tertiary/aromatic N) is 1. The van der Waals surface area contributed by atoms with Crippen LogP contribution >= 0.6 is 0 Å². The fourth-order valence-electron chi connectivity index (χ4n) is 2.76. The second-order valence-electron chi connectivity index (χ2n) is 6.14. The number of rotatable bonds is 7. The van der Waals surface area contributed by atoms with E-state index in [4.69, 9.17) is 9.47 Å². The Morgan fingerprint density at radius 2 is 2.08 bits per heavy atom. The Balaban J connectivity index is 1.68. The average molecular weight is 356 g/mol. The summed E-state index contributed by atoms with van der Waals surface area (Å²) in [4.78, 5) is 22.2. The minimum absolute atomic E-state index is 0.142. The monoisotopic (exact) mass is 356 g/mol. The lowest BCUT2D eigenvalue weighted by molar-refractivity contribution is -0.383. The summed E-state index contributed by atoms with van der Waals surface area (Å²) >= 11 is 0. The number of Topliss-reactive ketones (excluding diaryl/α,β-unsaturated/α-hetero) is 1. The molecule has 0 aromatic heterocycles. The highest BCUT2D eigenvalue weighted by Gasteiger charge is 2.17. The quantitative estimate of drug-likeness (QED) is 0.456. The standard InChI is InChI=1S/C19H20N2O5/c1-13(22)14-4-9-18(19(11-14)21(23)24)20-15-5-7-16(8-6-15)26-12-17-3-2-10-25-17/h4-9,11,17,20H,2-3,10,12H2,1H3/t17-/m1/s1. The van der Waals surface area contributed by atoms with Crippen molar-refractivity contribution in [1.82, 2.24) is 0 Å². The predicted octanol–water partition coefficient (Wildman–Crippen LogP) is 4.10. The number of anilines is 2. The number of carbonyl (C=O) groups is 1. The molecule has 0 amide bonds. The normalized spacial score (nSPS) is 16.3. The minimum atomic E-state index is -0.506. The van der Waals surface area contributed by atoms with Crippen LogP contribution < -0.4 is 10.1 Å². The summed E-state index contributed by atoms with van der Waals surface area (Å²) in [6, 6.07) is 11.6. The van der Waals surface area contributed by atoms with Gasteiger partial charge in [-0.05, 0) is 56.2 Å². The van der Waals surface area contributed by atoms with Crippen LogP contribution in [0.25, 0.3) is 0 Å². The van der Waals surface area contributed by atoms with E-state index in [2.05, 4.69) is 5.32 Å². The number of ether oxygens (including phenoxy) is 2. The maximum atomic E-state index is 11.4. The molecule has 1 fully saturated rings. The molecule has 2 aromatic carbocycles. The van der Waals surface area contributed by atoms with Crippen LogP contribution in [0.3, 0.4) is 0 Å². The number of carbonyl (C=O) groups excluding carboxylic acids is 1. The maximum absolute atomic E-state index is 11.4. The number of nitrogens with one attached hydrogen (secondary N) is 1. The van der Waals surface area contributed by atoms with Crippen molar-refractivity contribution in [2.24, 2.45) is 0 Å². The molecular formula is C19H20N2O5. The molecule has 7 nitrogen and oxygen atoms in total. The van der Waals surface area contributed by atoms with E-state index in [0.717, 1.165) is 19.4 Å². The Morgan fingerprint density at radius 1 is 1.31 bits per heavy atom. The number of benzene rings is 2. The Morgan fingerprint density at radius 3 is 2.69 bits per heavy atom. The molecule has 1 N–H and O–H groups in total. The van der Waals surface area contributed by atoms with Crippen molar-refractivity contribution < 1.29 is 19.2 Å². The Bertz CT molecular complexity index is 798. The van der Waals surface area contributed by atoms with E-state index in [1.165, 1.54) is 19.1 Å². The van der Waals surface area contributed by atoms with Crippen molar-refractivity contribution in [2.75, 3.05) is 18.5 Å². The molecule has 0 aliphatic carbocycles. The summed E-state index contributed by atoms with van der Waals surface area (Å²) < 4.78 is 11.2. The molecule has 1 heterocycles. The van der Waals surface area contributed by atoms with Crippen LogP contribution in [0, 0.1) is 10.1 Å². The molecule has 1 aliphatic heterocycles. The van der Waals surface area contributed by atoms with Crippen LogP contribution in [0.1, 0.15) is 30.1 Å². The van der Waals surface area contributed by atoms with Crippen molar-refractivity contribution >= 4 is 22.8 Å². The molecule has 0 radical (unpaired) electrons. The largest absolute Gasteiger partial charge is 0.491 e. The third kappa shape index (κ3) is 4.37. The van der Waals surface area contributed by atoms with E-state index in [1.807, 2.05) is 0 Å². The van der Waals surface area contributed by atoms with Crippen LogP contribution in [0.15, 0.2) is 42.5 Å². The van der Waals surface area contributed by atoms with Crippen molar-refractivity contribution in [3.8, 4) is 5.75 Å². The molecule has 1 atom stereocenters. The van der Waals surface area contributed by atoms with E-state index in [0.29, 0.717) is 29.3 Å². The average Bonchev–Trinajstić information content (AvgIpc) is 3.14. The van der Waals surface area contributed by atoms with E-state index in [-0.39, 0.29) is 17.6 Å². The Kier molecular flexibility index (Phi) is 5.48. The van der Waals surface area contributed by atoms with Gasteiger partial charge in [0.15, 0.2) is 5.78 Å². The summed E-state index contributed by atoms with van der Waals surface area (Å²) in [6.07, 6.45) is 2.23. The van der Waals surface area contributed by atoms with Crippen LogP contribution in [-0.4, -0.2) is 30.0 Å². The van der Waals surface area contributed by atoms with Gasteiger partial charge >= 0.3 is 0 Å². The molecule has 0 spiro atoms. The summed E-state index contributed by atoms with van der Waals surface area (Å²) in [5.74, 6) is 0.500. The third-order valence-electron chi connectivity index (χ3n) is 4.19. The van der Waals surface area contributed by atoms with Crippen molar-refractivity contribution in [1.29, 1.82) is 0 Å². The number of nitro benzene ring substituents is 1. The zero-order valence-corrected chi connectivity index (χ0v) is 14.4. The van der Waals surface area contributed by atoms with Gasteiger partial charge in [0.25, 0.3) is 5.69 Å². The van der Waals surface area contributed by atoms with Gasteiger partial charge in [0.05, 0.1) is 11.0 Å². The summed E-state index contributed by atoms with van der Waals surface area (Å²) in [5, 5.41) is 14.3. The summed E-state index contributed by atoms with van der Waals surface area (Å²) in [5.41, 5.74) is 1.18. The maximum Gasteiger partial charge on any atom is 0.293 e. The van der Waals surface area contributed by atoms with Gasteiger partial charge in [-0.15, -0.1) is 0 Å². The fourth-order valence-corrected chi connectivity index (χ4v) is 2.76. The number of nitro groups is 1. The van der Waals surface area contributed by atoms with Gasteiger partial charge in [-0.2, -0.15) is 0 Å². The lowest BCUT2D eigenvalue weighted by Crippen LogP contribution is -2.16. The second-order valence-corrected chi connectivity index (χ2v) is 6.14. The number of hydrogen-bond acceptors (Lipinski definition) is 6. The number of hydrogen-bond donors (Lipinski definition) is 1. The highest BCUT2D eigenvalue weighted by Crippen LogP contribution is 2.29. The van der Waals surface area contributed by atoms with Crippen molar-refractivity contribution in [3.63, 3.8) is 0 Å². The van der Waals surface area contributed by atoms with Crippen molar-refractivity contribution in [3.05, 3.63) is 58.1 Å². The van der Waals surface area contributed by atoms with E-state index < -0.39 is 4.92 Å². The van der Waals surface area contributed by atoms with Crippen molar-refractivity contribution in [2.45, 2.75) is 25.9 Å². The highest BCUT2D eigenvalue weighted by molar-refractivity contribution is 5.95. The zero-order valence-electron chi connectivity index (χ0n) is 14.4. The first-order valence-electron chi connectivity index (χ1n) is 8.44. The fraction of sp³-hybridized carbons (Fsp3) is 0.316. The smallest absolute Gasteiger partial charge is 0.293 e. The lowest BCUT2D eigenvalue weighted by Gasteiger charge is -2.12.